The molecule has 0 fully saturated rings. The van der Waals surface area contributed by atoms with Gasteiger partial charge in [0.25, 0.3) is 0 Å². The highest BCUT2D eigenvalue weighted by Gasteiger charge is 2.23. The van der Waals surface area contributed by atoms with Gasteiger partial charge in [0, 0.05) is 19.2 Å². The Morgan fingerprint density at radius 2 is 1.84 bits per heavy atom. The third-order valence-electron chi connectivity index (χ3n) is 4.85. The maximum atomic E-state index is 12.6. The van der Waals surface area contributed by atoms with Gasteiger partial charge in [0.05, 0.1) is 30.6 Å². The fraction of sp³-hybridized carbons (Fsp3) is 0.333. The van der Waals surface area contributed by atoms with Crippen LogP contribution in [0, 0.1) is 6.92 Å². The molecular formula is C24H30N4O3. The molecule has 1 heterocycles. The first-order valence-corrected chi connectivity index (χ1v) is 10.6. The van der Waals surface area contributed by atoms with Gasteiger partial charge in [-0.25, -0.2) is 9.48 Å². The van der Waals surface area contributed by atoms with Crippen molar-refractivity contribution in [2.24, 2.45) is 0 Å². The highest BCUT2D eigenvalue weighted by atomic mass is 16.5. The molecule has 0 atom stereocenters. The van der Waals surface area contributed by atoms with Crippen molar-refractivity contribution in [2.75, 3.05) is 20.2 Å². The summed E-state index contributed by atoms with van der Waals surface area (Å²) in [5, 5.41) is 7.64. The number of rotatable bonds is 9. The lowest BCUT2D eigenvalue weighted by Gasteiger charge is -2.23. The molecule has 7 heteroatoms. The summed E-state index contributed by atoms with van der Waals surface area (Å²) in [6.07, 6.45) is 0.856. The monoisotopic (exact) mass is 422 g/mol. The Labute approximate surface area is 183 Å². The third-order valence-corrected chi connectivity index (χ3v) is 4.85. The summed E-state index contributed by atoms with van der Waals surface area (Å²) < 4.78 is 13.5. The molecule has 7 nitrogen and oxygen atoms in total. The lowest BCUT2D eigenvalue weighted by atomic mass is 10.2. The second-order valence-electron chi connectivity index (χ2n) is 7.15. The van der Waals surface area contributed by atoms with Crippen molar-refractivity contribution in [3.8, 4) is 23.1 Å². The fourth-order valence-electron chi connectivity index (χ4n) is 3.32. The Morgan fingerprint density at radius 1 is 1.10 bits per heavy atom. The Balaban J connectivity index is 2.05. The van der Waals surface area contributed by atoms with Crippen molar-refractivity contribution in [1.29, 1.82) is 0 Å². The van der Waals surface area contributed by atoms with E-state index in [9.17, 15) is 4.79 Å². The number of urea groups is 1. The van der Waals surface area contributed by atoms with E-state index in [1.54, 1.807) is 16.7 Å². The third kappa shape index (κ3) is 5.36. The van der Waals surface area contributed by atoms with Crippen LogP contribution in [-0.4, -0.2) is 40.9 Å². The zero-order valence-corrected chi connectivity index (χ0v) is 18.6. The average molecular weight is 423 g/mol. The van der Waals surface area contributed by atoms with E-state index in [1.165, 1.54) is 0 Å². The Bertz CT molecular complexity index is 1000. The van der Waals surface area contributed by atoms with Gasteiger partial charge in [0.2, 0.25) is 5.88 Å². The summed E-state index contributed by atoms with van der Waals surface area (Å²) in [7, 11) is 1.62. The number of aryl methyl sites for hydroxylation is 1. The van der Waals surface area contributed by atoms with Gasteiger partial charge in [0.1, 0.15) is 11.5 Å². The maximum Gasteiger partial charge on any atom is 0.317 e. The van der Waals surface area contributed by atoms with E-state index in [1.807, 2.05) is 68.4 Å². The van der Waals surface area contributed by atoms with Crippen molar-refractivity contribution in [1.82, 2.24) is 20.0 Å². The van der Waals surface area contributed by atoms with Crippen molar-refractivity contribution in [2.45, 2.75) is 33.7 Å². The zero-order valence-electron chi connectivity index (χ0n) is 18.6. The number of benzene rings is 2. The molecule has 1 N–H and O–H groups in total. The molecule has 0 aliphatic rings. The highest BCUT2D eigenvalue weighted by molar-refractivity contribution is 5.74. The molecule has 0 saturated heterocycles. The van der Waals surface area contributed by atoms with Crippen LogP contribution in [0.4, 0.5) is 4.79 Å². The van der Waals surface area contributed by atoms with Gasteiger partial charge in [-0.1, -0.05) is 31.2 Å². The van der Waals surface area contributed by atoms with Crippen LogP contribution in [0.15, 0.2) is 54.6 Å². The number of para-hydroxylation sites is 1. The molecular weight excluding hydrogens is 392 g/mol. The number of nitrogens with one attached hydrogen (secondary N) is 1. The molecule has 0 radical (unpaired) electrons. The highest BCUT2D eigenvalue weighted by Crippen LogP contribution is 2.33. The van der Waals surface area contributed by atoms with Crippen LogP contribution in [0.3, 0.4) is 0 Å². The molecule has 0 unspecified atom stereocenters. The molecule has 2 aromatic carbocycles. The van der Waals surface area contributed by atoms with E-state index >= 15 is 0 Å². The van der Waals surface area contributed by atoms with Gasteiger partial charge in [-0.3, -0.25) is 0 Å². The SMILES string of the molecule is CCCN(Cc1c(C)nn(-c2ccccc2)c1Oc1cccc(OC)c1)C(=O)NCC. The second kappa shape index (κ2) is 10.5. The minimum absolute atomic E-state index is 0.0939. The smallest absolute Gasteiger partial charge is 0.317 e. The van der Waals surface area contributed by atoms with E-state index in [-0.39, 0.29) is 6.03 Å². The molecule has 164 valence electrons. The van der Waals surface area contributed by atoms with Crippen molar-refractivity contribution < 1.29 is 14.3 Å². The number of aromatic nitrogens is 2. The van der Waals surface area contributed by atoms with Gasteiger partial charge < -0.3 is 19.7 Å². The maximum absolute atomic E-state index is 12.6. The largest absolute Gasteiger partial charge is 0.497 e. The van der Waals surface area contributed by atoms with Crippen LogP contribution in [-0.2, 0) is 6.54 Å². The summed E-state index contributed by atoms with van der Waals surface area (Å²) >= 11 is 0. The molecule has 0 saturated carbocycles. The zero-order chi connectivity index (χ0) is 22.2. The first-order chi connectivity index (χ1) is 15.1. The van der Waals surface area contributed by atoms with Gasteiger partial charge in [-0.2, -0.15) is 5.10 Å². The molecule has 0 spiro atoms. The van der Waals surface area contributed by atoms with E-state index in [2.05, 4.69) is 12.2 Å². The molecule has 31 heavy (non-hydrogen) atoms. The van der Waals surface area contributed by atoms with Crippen LogP contribution in [0.25, 0.3) is 5.69 Å². The predicted molar refractivity (Wildman–Crippen MR) is 121 cm³/mol. The Hall–Kier alpha value is -3.48. The number of nitrogens with zero attached hydrogens (tertiary/aromatic N) is 3. The minimum atomic E-state index is -0.0939. The second-order valence-corrected chi connectivity index (χ2v) is 7.15. The number of methoxy groups -OCH3 is 1. The molecule has 0 aliphatic carbocycles. The van der Waals surface area contributed by atoms with Crippen LogP contribution in [0.5, 0.6) is 17.4 Å². The first kappa shape index (κ1) is 22.2. The normalized spacial score (nSPS) is 10.6. The molecule has 3 aromatic rings. The predicted octanol–water partition coefficient (Wildman–Crippen LogP) is 4.92. The van der Waals surface area contributed by atoms with Gasteiger partial charge >= 0.3 is 6.03 Å². The molecule has 1 aromatic heterocycles. The lowest BCUT2D eigenvalue weighted by Crippen LogP contribution is -2.39. The van der Waals surface area contributed by atoms with Crippen LogP contribution >= 0.6 is 0 Å². The lowest BCUT2D eigenvalue weighted by molar-refractivity contribution is 0.195. The summed E-state index contributed by atoms with van der Waals surface area (Å²) in [6, 6.07) is 17.2. The summed E-state index contributed by atoms with van der Waals surface area (Å²) in [5.41, 5.74) is 2.56. The van der Waals surface area contributed by atoms with Gasteiger partial charge in [0.15, 0.2) is 0 Å². The number of hydrogen-bond acceptors (Lipinski definition) is 4. The molecule has 3 rings (SSSR count). The molecule has 2 amide bonds. The Morgan fingerprint density at radius 3 is 2.52 bits per heavy atom. The van der Waals surface area contributed by atoms with Crippen LogP contribution < -0.4 is 14.8 Å². The van der Waals surface area contributed by atoms with Gasteiger partial charge in [-0.15, -0.1) is 0 Å². The standard InChI is InChI=1S/C24H30N4O3/c1-5-15-27(24(29)25-6-2)17-22-18(3)26-28(19-11-8-7-9-12-19)23(22)31-21-14-10-13-20(16-21)30-4/h7-14,16H,5-6,15,17H2,1-4H3,(H,25,29). The quantitative estimate of drug-likeness (QED) is 0.531. The number of carbonyl (C=O) groups excluding carboxylic acids is 1. The van der Waals surface area contributed by atoms with Crippen LogP contribution in [0.1, 0.15) is 31.5 Å². The number of carbonyl (C=O) groups is 1. The van der Waals surface area contributed by atoms with E-state index < -0.39 is 0 Å². The molecule has 0 bridgehead atoms. The van der Waals surface area contributed by atoms with Crippen molar-refractivity contribution in [3.05, 3.63) is 65.9 Å². The minimum Gasteiger partial charge on any atom is -0.497 e. The first-order valence-electron chi connectivity index (χ1n) is 10.6. The van der Waals surface area contributed by atoms with E-state index in [0.29, 0.717) is 37.0 Å². The number of ether oxygens (including phenoxy) is 2. The molecule has 0 aliphatic heterocycles. The average Bonchev–Trinajstić information content (AvgIpc) is 3.09. The van der Waals surface area contributed by atoms with Crippen molar-refractivity contribution >= 4 is 6.03 Å². The summed E-state index contributed by atoms with van der Waals surface area (Å²) in [6.45, 7) is 7.53. The van der Waals surface area contributed by atoms with Crippen LogP contribution in [0.2, 0.25) is 0 Å². The Kier molecular flexibility index (Phi) is 7.54. The number of amides is 2. The van der Waals surface area contributed by atoms with Crippen molar-refractivity contribution in [3.63, 3.8) is 0 Å². The topological polar surface area (TPSA) is 68.6 Å². The number of hydrogen-bond donors (Lipinski definition) is 1. The van der Waals surface area contributed by atoms with Gasteiger partial charge in [-0.05, 0) is 44.5 Å². The fourth-order valence-corrected chi connectivity index (χ4v) is 3.32. The summed E-state index contributed by atoms with van der Waals surface area (Å²) in [5.74, 6) is 1.93. The van der Waals surface area contributed by atoms with E-state index in [0.717, 1.165) is 23.4 Å². The summed E-state index contributed by atoms with van der Waals surface area (Å²) in [4.78, 5) is 14.4. The van der Waals surface area contributed by atoms with E-state index in [4.69, 9.17) is 14.6 Å².